The molecule has 0 aliphatic carbocycles. The fourth-order valence-corrected chi connectivity index (χ4v) is 2.89. The van der Waals surface area contributed by atoms with Crippen LogP contribution in [-0.4, -0.2) is 35.0 Å². The fraction of sp³-hybridized carbons (Fsp3) is 0.400. The van der Waals surface area contributed by atoms with Crippen LogP contribution in [0.1, 0.15) is 43.1 Å². The van der Waals surface area contributed by atoms with E-state index in [9.17, 15) is 4.79 Å². The second kappa shape index (κ2) is 6.63. The molecule has 0 N–H and O–H groups in total. The molecule has 24 heavy (non-hydrogen) atoms. The minimum Gasteiger partial charge on any atom is -0.472 e. The van der Waals surface area contributed by atoms with Crippen LogP contribution in [0.2, 0.25) is 0 Å². The first-order valence-electron chi connectivity index (χ1n) is 8.41. The highest BCUT2D eigenvalue weighted by Crippen LogP contribution is 2.23. The molecule has 4 nitrogen and oxygen atoms in total. The predicted octanol–water partition coefficient (Wildman–Crippen LogP) is 3.67. The molecule has 0 saturated carbocycles. The van der Waals surface area contributed by atoms with Crippen LogP contribution >= 0.6 is 0 Å². The van der Waals surface area contributed by atoms with Gasteiger partial charge in [0.2, 0.25) is 5.88 Å². The third-order valence-corrected chi connectivity index (χ3v) is 4.36. The van der Waals surface area contributed by atoms with Crippen molar-refractivity contribution in [2.45, 2.75) is 38.7 Å². The Morgan fingerprint density at radius 3 is 2.54 bits per heavy atom. The van der Waals surface area contributed by atoms with Crippen LogP contribution in [0, 0.1) is 0 Å². The van der Waals surface area contributed by atoms with E-state index in [4.69, 9.17) is 4.74 Å². The van der Waals surface area contributed by atoms with E-state index < -0.39 is 0 Å². The smallest absolute Gasteiger partial charge is 0.253 e. The summed E-state index contributed by atoms with van der Waals surface area (Å²) in [7, 11) is 0. The number of carbonyl (C=O) groups is 1. The molecule has 0 radical (unpaired) electrons. The van der Waals surface area contributed by atoms with Crippen molar-refractivity contribution < 1.29 is 9.53 Å². The Labute approximate surface area is 143 Å². The number of likely N-dealkylation sites (tertiary alicyclic amines) is 1. The standard InChI is InChI=1S/C20H24N2O2/c1-20(2,3)16-9-7-15(8-10-16)19(23)22-13-11-17(14-22)24-18-6-4-5-12-21-18/h4-10,12,17H,11,13-14H2,1-3H3/t17-/m1/s1. The van der Waals surface area contributed by atoms with E-state index in [1.807, 2.05) is 47.4 Å². The first-order valence-corrected chi connectivity index (χ1v) is 8.41. The molecule has 0 bridgehead atoms. The van der Waals surface area contributed by atoms with Gasteiger partial charge in [0.25, 0.3) is 5.91 Å². The van der Waals surface area contributed by atoms with Crippen LogP contribution in [0.5, 0.6) is 5.88 Å². The molecular weight excluding hydrogens is 300 g/mol. The number of benzene rings is 1. The van der Waals surface area contributed by atoms with Gasteiger partial charge in [-0.05, 0) is 29.2 Å². The number of carbonyl (C=O) groups excluding carboxylic acids is 1. The first-order chi connectivity index (χ1) is 11.4. The lowest BCUT2D eigenvalue weighted by atomic mass is 9.86. The van der Waals surface area contributed by atoms with Crippen molar-refractivity contribution in [3.8, 4) is 5.88 Å². The van der Waals surface area contributed by atoms with E-state index in [0.717, 1.165) is 18.5 Å². The highest BCUT2D eigenvalue weighted by molar-refractivity contribution is 5.94. The average Bonchev–Trinajstić information content (AvgIpc) is 3.03. The van der Waals surface area contributed by atoms with Crippen LogP contribution in [0.4, 0.5) is 0 Å². The fourth-order valence-electron chi connectivity index (χ4n) is 2.89. The molecule has 0 unspecified atom stereocenters. The topological polar surface area (TPSA) is 42.4 Å². The van der Waals surface area contributed by atoms with E-state index in [2.05, 4.69) is 25.8 Å². The van der Waals surface area contributed by atoms with Gasteiger partial charge in [-0.15, -0.1) is 0 Å². The molecule has 1 amide bonds. The SMILES string of the molecule is CC(C)(C)c1ccc(C(=O)N2CC[C@@H](Oc3ccccn3)C2)cc1. The lowest BCUT2D eigenvalue weighted by Gasteiger charge is -2.20. The number of nitrogens with zero attached hydrogens (tertiary/aromatic N) is 2. The van der Waals surface area contributed by atoms with Crippen LogP contribution in [0.3, 0.4) is 0 Å². The molecule has 1 aliphatic rings. The first kappa shape index (κ1) is 16.5. The maximum absolute atomic E-state index is 12.7. The minimum atomic E-state index is 0.0118. The van der Waals surface area contributed by atoms with Gasteiger partial charge in [-0.1, -0.05) is 39.0 Å². The second-order valence-corrected chi connectivity index (χ2v) is 7.28. The molecular formula is C20H24N2O2. The molecule has 4 heteroatoms. The summed E-state index contributed by atoms with van der Waals surface area (Å²) in [6.07, 6.45) is 2.56. The summed E-state index contributed by atoms with van der Waals surface area (Å²) >= 11 is 0. The monoisotopic (exact) mass is 324 g/mol. The second-order valence-electron chi connectivity index (χ2n) is 7.28. The maximum atomic E-state index is 12.7. The van der Waals surface area contributed by atoms with E-state index >= 15 is 0 Å². The summed E-state index contributed by atoms with van der Waals surface area (Å²) in [5.41, 5.74) is 2.06. The minimum absolute atomic E-state index is 0.0118. The van der Waals surface area contributed by atoms with Gasteiger partial charge in [0.1, 0.15) is 6.10 Å². The van der Waals surface area contributed by atoms with E-state index in [1.165, 1.54) is 5.56 Å². The van der Waals surface area contributed by atoms with Gasteiger partial charge in [0.05, 0.1) is 6.54 Å². The molecule has 1 atom stereocenters. The Morgan fingerprint density at radius 2 is 1.92 bits per heavy atom. The number of hydrogen-bond acceptors (Lipinski definition) is 3. The molecule has 1 aromatic heterocycles. The Kier molecular flexibility index (Phi) is 4.56. The average molecular weight is 324 g/mol. The van der Waals surface area contributed by atoms with Gasteiger partial charge < -0.3 is 9.64 Å². The van der Waals surface area contributed by atoms with E-state index in [-0.39, 0.29) is 17.4 Å². The molecule has 1 fully saturated rings. The summed E-state index contributed by atoms with van der Waals surface area (Å²) in [5.74, 6) is 0.689. The number of hydrogen-bond donors (Lipinski definition) is 0. The Morgan fingerprint density at radius 1 is 1.17 bits per heavy atom. The van der Waals surface area contributed by atoms with Gasteiger partial charge in [-0.3, -0.25) is 4.79 Å². The summed E-state index contributed by atoms with van der Waals surface area (Å²) in [6.45, 7) is 7.84. The zero-order valence-electron chi connectivity index (χ0n) is 14.5. The number of pyridine rings is 1. The molecule has 3 rings (SSSR count). The lowest BCUT2D eigenvalue weighted by molar-refractivity contribution is 0.0771. The Hall–Kier alpha value is -2.36. The zero-order valence-corrected chi connectivity index (χ0v) is 14.5. The normalized spacial score (nSPS) is 17.8. The third kappa shape index (κ3) is 3.75. The van der Waals surface area contributed by atoms with Crippen molar-refractivity contribution in [2.75, 3.05) is 13.1 Å². The van der Waals surface area contributed by atoms with E-state index in [1.54, 1.807) is 6.20 Å². The van der Waals surface area contributed by atoms with Crippen molar-refractivity contribution in [2.24, 2.45) is 0 Å². The lowest BCUT2D eigenvalue weighted by Crippen LogP contribution is -2.31. The summed E-state index contributed by atoms with van der Waals surface area (Å²) in [6, 6.07) is 13.5. The summed E-state index contributed by atoms with van der Waals surface area (Å²) < 4.78 is 5.85. The quantitative estimate of drug-likeness (QED) is 0.865. The van der Waals surface area contributed by atoms with Gasteiger partial charge in [0, 0.05) is 30.8 Å². The van der Waals surface area contributed by atoms with Crippen LogP contribution in [0.15, 0.2) is 48.7 Å². The summed E-state index contributed by atoms with van der Waals surface area (Å²) in [5, 5.41) is 0. The number of rotatable bonds is 3. The predicted molar refractivity (Wildman–Crippen MR) is 94.3 cm³/mol. The highest BCUT2D eigenvalue weighted by Gasteiger charge is 2.28. The molecule has 1 aliphatic heterocycles. The Balaban J connectivity index is 1.62. The Bertz CT molecular complexity index is 690. The highest BCUT2D eigenvalue weighted by atomic mass is 16.5. The number of aromatic nitrogens is 1. The molecule has 1 saturated heterocycles. The molecule has 1 aromatic carbocycles. The van der Waals surface area contributed by atoms with Crippen molar-refractivity contribution >= 4 is 5.91 Å². The van der Waals surface area contributed by atoms with Crippen molar-refractivity contribution in [3.05, 3.63) is 59.8 Å². The largest absolute Gasteiger partial charge is 0.472 e. The molecule has 2 heterocycles. The van der Waals surface area contributed by atoms with Gasteiger partial charge >= 0.3 is 0 Å². The van der Waals surface area contributed by atoms with Crippen molar-refractivity contribution in [1.82, 2.24) is 9.88 Å². The zero-order chi connectivity index (χ0) is 17.2. The number of ether oxygens (including phenoxy) is 1. The molecule has 126 valence electrons. The van der Waals surface area contributed by atoms with E-state index in [0.29, 0.717) is 12.4 Å². The van der Waals surface area contributed by atoms with Crippen LogP contribution in [0.25, 0.3) is 0 Å². The molecule has 0 spiro atoms. The van der Waals surface area contributed by atoms with Gasteiger partial charge in [0.15, 0.2) is 0 Å². The third-order valence-electron chi connectivity index (χ3n) is 4.36. The van der Waals surface area contributed by atoms with Crippen LogP contribution < -0.4 is 4.74 Å². The van der Waals surface area contributed by atoms with Crippen molar-refractivity contribution in [3.63, 3.8) is 0 Å². The van der Waals surface area contributed by atoms with Crippen molar-refractivity contribution in [1.29, 1.82) is 0 Å². The van der Waals surface area contributed by atoms with Crippen LogP contribution in [-0.2, 0) is 5.41 Å². The van der Waals surface area contributed by atoms with Gasteiger partial charge in [-0.2, -0.15) is 0 Å². The maximum Gasteiger partial charge on any atom is 0.253 e. The number of amides is 1. The summed E-state index contributed by atoms with van der Waals surface area (Å²) in [4.78, 5) is 18.7. The van der Waals surface area contributed by atoms with Gasteiger partial charge in [-0.25, -0.2) is 4.98 Å². The molecule has 2 aromatic rings.